The number of carbonyl (C=O) groups is 2. The van der Waals surface area contributed by atoms with E-state index in [4.69, 9.17) is 9.73 Å². The van der Waals surface area contributed by atoms with E-state index in [2.05, 4.69) is 59.4 Å². The number of aliphatic imine (C=N–C) groups is 1. The number of rotatable bonds is 4. The molecule has 0 radical (unpaired) electrons. The summed E-state index contributed by atoms with van der Waals surface area (Å²) in [5, 5.41) is 2.74. The predicted molar refractivity (Wildman–Crippen MR) is 141 cm³/mol. The minimum Gasteiger partial charge on any atom is -0.444 e. The van der Waals surface area contributed by atoms with E-state index in [-0.39, 0.29) is 11.9 Å². The van der Waals surface area contributed by atoms with Gasteiger partial charge in [0.05, 0.1) is 0 Å². The van der Waals surface area contributed by atoms with Crippen molar-refractivity contribution >= 4 is 33.9 Å². The molecule has 1 heterocycles. The van der Waals surface area contributed by atoms with Gasteiger partial charge in [0.2, 0.25) is 5.96 Å². The summed E-state index contributed by atoms with van der Waals surface area (Å²) in [4.78, 5) is 33.2. The number of alkyl carbamates (subject to hydrolysis) is 1. The highest BCUT2D eigenvalue weighted by Crippen LogP contribution is 2.59. The van der Waals surface area contributed by atoms with E-state index in [9.17, 15) is 9.59 Å². The van der Waals surface area contributed by atoms with Crippen LogP contribution in [0.15, 0.2) is 51.9 Å². The van der Waals surface area contributed by atoms with Crippen LogP contribution in [-0.2, 0) is 27.9 Å². The molecule has 2 aliphatic rings. The zero-order valence-corrected chi connectivity index (χ0v) is 23.0. The summed E-state index contributed by atoms with van der Waals surface area (Å²) < 4.78 is 6.35. The lowest BCUT2D eigenvalue weighted by molar-refractivity contribution is -0.135. The molecular weight excluding hydrogens is 506 g/mol. The molecule has 2 aromatic rings. The number of hydrogen-bond donors (Lipinski definition) is 1. The smallest absolute Gasteiger partial charge is 0.414 e. The molecule has 1 aliphatic carbocycles. The molecule has 1 N–H and O–H groups in total. The number of guanidine groups is 1. The fourth-order valence-corrected chi connectivity index (χ4v) is 5.92. The van der Waals surface area contributed by atoms with Gasteiger partial charge in [0.1, 0.15) is 5.60 Å². The molecule has 2 atom stereocenters. The first-order chi connectivity index (χ1) is 16.4. The van der Waals surface area contributed by atoms with E-state index >= 15 is 0 Å². The average Bonchev–Trinajstić information content (AvgIpc) is 3.19. The monoisotopic (exact) mass is 539 g/mol. The Bertz CT molecular complexity index is 1200. The van der Waals surface area contributed by atoms with Gasteiger partial charge in [-0.1, -0.05) is 53.2 Å². The van der Waals surface area contributed by atoms with Crippen LogP contribution in [0.4, 0.5) is 4.79 Å². The van der Waals surface area contributed by atoms with E-state index in [0.717, 1.165) is 41.3 Å². The molecule has 0 saturated heterocycles. The maximum Gasteiger partial charge on any atom is 0.414 e. The van der Waals surface area contributed by atoms with E-state index < -0.39 is 22.6 Å². The van der Waals surface area contributed by atoms with Gasteiger partial charge in [-0.25, -0.2) is 9.79 Å². The van der Waals surface area contributed by atoms with Gasteiger partial charge in [0, 0.05) is 16.9 Å². The van der Waals surface area contributed by atoms with Gasteiger partial charge in [-0.15, -0.1) is 0 Å². The second kappa shape index (κ2) is 9.08. The van der Waals surface area contributed by atoms with Crippen LogP contribution in [0, 0.1) is 12.3 Å². The van der Waals surface area contributed by atoms with E-state index in [1.165, 1.54) is 16.0 Å². The second-order valence-corrected chi connectivity index (χ2v) is 11.6. The summed E-state index contributed by atoms with van der Waals surface area (Å²) in [5.74, 6) is 0.109. The number of fused-ring (bicyclic) bond motifs is 2. The van der Waals surface area contributed by atoms with Crippen LogP contribution < -0.4 is 5.32 Å². The molecule has 1 aliphatic heterocycles. The Morgan fingerprint density at radius 1 is 1.23 bits per heavy atom. The lowest BCUT2D eigenvalue weighted by Crippen LogP contribution is -2.50. The van der Waals surface area contributed by atoms with Gasteiger partial charge in [-0.05, 0) is 87.8 Å². The minimum atomic E-state index is -1.11. The van der Waals surface area contributed by atoms with Gasteiger partial charge in [0.15, 0.2) is 5.54 Å². The van der Waals surface area contributed by atoms with Gasteiger partial charge in [-0.2, -0.15) is 0 Å². The molecule has 2 aromatic carbocycles. The number of nitrogens with zero attached hydrogens (tertiary/aromatic N) is 2. The maximum absolute atomic E-state index is 14.1. The number of carbonyl (C=O) groups excluding carboxylic acids is 2. The van der Waals surface area contributed by atoms with Crippen LogP contribution >= 0.6 is 15.9 Å². The Hall–Kier alpha value is -2.67. The van der Waals surface area contributed by atoms with Crippen LogP contribution in [0.1, 0.15) is 62.8 Å². The highest BCUT2D eigenvalue weighted by Gasteiger charge is 2.65. The average molecular weight is 541 g/mol. The van der Waals surface area contributed by atoms with Crippen molar-refractivity contribution in [3.05, 3.63) is 69.2 Å². The molecule has 2 amide bonds. The van der Waals surface area contributed by atoms with Crippen LogP contribution in [0.5, 0.6) is 0 Å². The van der Waals surface area contributed by atoms with Crippen molar-refractivity contribution in [2.75, 3.05) is 7.05 Å². The summed E-state index contributed by atoms with van der Waals surface area (Å²) >= 11 is 3.60. The summed E-state index contributed by atoms with van der Waals surface area (Å²) in [6, 6.07) is 14.5. The van der Waals surface area contributed by atoms with E-state index in [0.29, 0.717) is 0 Å². The Labute approximate surface area is 216 Å². The van der Waals surface area contributed by atoms with Gasteiger partial charge < -0.3 is 4.74 Å². The van der Waals surface area contributed by atoms with Gasteiger partial charge in [-0.3, -0.25) is 15.0 Å². The first kappa shape index (κ1) is 25.4. The molecule has 0 bridgehead atoms. The van der Waals surface area contributed by atoms with Crippen molar-refractivity contribution in [1.82, 2.24) is 10.2 Å². The number of ether oxygens (including phenoxy) is 1. The first-order valence-corrected chi connectivity index (χ1v) is 12.9. The van der Waals surface area contributed by atoms with E-state index in [1.54, 1.807) is 27.8 Å². The number of nitrogens with one attached hydrogen (secondary N) is 1. The molecule has 0 aromatic heterocycles. The molecule has 2 unspecified atom stereocenters. The molecule has 7 heteroatoms. The second-order valence-electron chi connectivity index (χ2n) is 10.7. The third-order valence-electron chi connectivity index (χ3n) is 7.39. The number of aryl methyl sites for hydroxylation is 2. The summed E-state index contributed by atoms with van der Waals surface area (Å²) in [6.07, 6.45) is 2.54. The van der Waals surface area contributed by atoms with Crippen molar-refractivity contribution in [3.63, 3.8) is 0 Å². The van der Waals surface area contributed by atoms with Crippen LogP contribution in [0.2, 0.25) is 0 Å². The molecule has 0 fully saturated rings. The Balaban J connectivity index is 1.80. The molecule has 1 spiro atoms. The summed E-state index contributed by atoms with van der Waals surface area (Å²) in [5.41, 5.74) is 2.37. The largest absolute Gasteiger partial charge is 0.444 e. The van der Waals surface area contributed by atoms with Crippen molar-refractivity contribution in [2.45, 2.75) is 71.4 Å². The maximum atomic E-state index is 14.1. The molecule has 186 valence electrons. The van der Waals surface area contributed by atoms with E-state index in [1.807, 2.05) is 18.2 Å². The lowest BCUT2D eigenvalue weighted by Gasteiger charge is -2.40. The van der Waals surface area contributed by atoms with Crippen molar-refractivity contribution in [1.29, 1.82) is 0 Å². The van der Waals surface area contributed by atoms with Crippen molar-refractivity contribution in [3.8, 4) is 0 Å². The van der Waals surface area contributed by atoms with Crippen molar-refractivity contribution < 1.29 is 14.3 Å². The third-order valence-corrected chi connectivity index (χ3v) is 7.88. The molecule has 35 heavy (non-hydrogen) atoms. The van der Waals surface area contributed by atoms with Crippen LogP contribution in [0.3, 0.4) is 0 Å². The number of amides is 2. The zero-order valence-electron chi connectivity index (χ0n) is 21.4. The molecular formula is C28H34BrN3O3. The Morgan fingerprint density at radius 2 is 1.94 bits per heavy atom. The van der Waals surface area contributed by atoms with Crippen LogP contribution in [0.25, 0.3) is 0 Å². The van der Waals surface area contributed by atoms with Gasteiger partial charge >= 0.3 is 6.09 Å². The fraction of sp³-hybridized carbons (Fsp3) is 0.464. The lowest BCUT2D eigenvalue weighted by atomic mass is 9.65. The summed E-state index contributed by atoms with van der Waals surface area (Å²) in [7, 11) is 1.67. The SMILES string of the molecule is CCC1(CCc2ccccc2C)Cc2ccc(Br)cc2C12N=C(NC(=O)OC(C)(C)C)N(C)C2=O. The first-order valence-electron chi connectivity index (χ1n) is 12.1. The molecule has 4 rings (SSSR count). The molecule has 0 saturated carbocycles. The molecule has 6 nitrogen and oxygen atoms in total. The fourth-order valence-electron chi connectivity index (χ4n) is 5.56. The Kier molecular flexibility index (Phi) is 6.60. The number of hydrogen-bond acceptors (Lipinski definition) is 4. The topological polar surface area (TPSA) is 71.0 Å². The van der Waals surface area contributed by atoms with Gasteiger partial charge in [0.25, 0.3) is 5.91 Å². The number of benzene rings is 2. The zero-order chi connectivity index (χ0) is 25.6. The quantitative estimate of drug-likeness (QED) is 0.526. The highest BCUT2D eigenvalue weighted by molar-refractivity contribution is 9.10. The minimum absolute atomic E-state index is 0.118. The van der Waals surface area contributed by atoms with Crippen LogP contribution in [-0.4, -0.2) is 35.5 Å². The number of likely N-dealkylation sites (N-methyl/N-ethyl adjacent to an activating group) is 1. The normalized spacial score (nSPS) is 23.5. The highest BCUT2D eigenvalue weighted by atomic mass is 79.9. The number of halogens is 1. The van der Waals surface area contributed by atoms with Crippen molar-refractivity contribution in [2.24, 2.45) is 10.4 Å². The Morgan fingerprint density at radius 3 is 2.60 bits per heavy atom. The predicted octanol–water partition coefficient (Wildman–Crippen LogP) is 5.89. The third kappa shape index (κ3) is 4.39. The summed E-state index contributed by atoms with van der Waals surface area (Å²) in [6.45, 7) is 9.68. The standard InChI is InChI=1S/C28H34BrN3O3/c1-7-27(15-14-19-11-9-8-10-18(19)2)17-20-12-13-21(29)16-22(20)28(27)23(33)32(6)24(31-28)30-25(34)35-26(3,4)5/h8-13,16H,7,14-15,17H2,1-6H3,(H,30,31,34).